The molecule has 4 heterocycles. The highest BCUT2D eigenvalue weighted by atomic mass is 32.1. The van der Waals surface area contributed by atoms with Gasteiger partial charge in [0.15, 0.2) is 0 Å². The lowest BCUT2D eigenvalue weighted by molar-refractivity contribution is 0.568. The minimum Gasteiger partial charge on any atom is -0.472 e. The molecule has 0 spiro atoms. The fourth-order valence-corrected chi connectivity index (χ4v) is 6.34. The molecule has 0 N–H and O–H groups in total. The Kier molecular flexibility index (Phi) is 4.96. The zero-order valence-corrected chi connectivity index (χ0v) is 21.6. The van der Waals surface area contributed by atoms with E-state index in [0.717, 1.165) is 55.2 Å². The molecule has 39 heavy (non-hydrogen) atoms. The number of fused-ring (bicyclic) bond motifs is 4. The minimum absolute atomic E-state index is 0.956. The van der Waals surface area contributed by atoms with Crippen LogP contribution in [-0.4, -0.2) is 14.5 Å². The molecular weight excluding hydrogens is 498 g/mol. The van der Waals surface area contributed by atoms with E-state index in [2.05, 4.69) is 88.4 Å². The number of hydrogen-bond donors (Lipinski definition) is 0. The Morgan fingerprint density at radius 1 is 0.641 bits per heavy atom. The number of benzene rings is 4. The van der Waals surface area contributed by atoms with Crippen molar-refractivity contribution in [3.63, 3.8) is 0 Å². The van der Waals surface area contributed by atoms with Crippen molar-refractivity contribution in [2.45, 2.75) is 0 Å². The third-order valence-corrected chi connectivity index (χ3v) is 8.31. The molecule has 0 saturated heterocycles. The van der Waals surface area contributed by atoms with E-state index in [1.807, 2.05) is 36.5 Å². The molecule has 4 aromatic carbocycles. The summed E-state index contributed by atoms with van der Waals surface area (Å²) in [6.07, 6.45) is 5.35. The lowest BCUT2D eigenvalue weighted by Crippen LogP contribution is -1.95. The fraction of sp³-hybridized carbons (Fsp3) is 0. The monoisotopic (exact) mass is 519 g/mol. The third-order valence-electron chi connectivity index (χ3n) is 7.23. The van der Waals surface area contributed by atoms with Gasteiger partial charge in [-0.2, -0.15) is 0 Å². The average molecular weight is 520 g/mol. The van der Waals surface area contributed by atoms with Crippen LogP contribution in [0.4, 0.5) is 0 Å². The van der Waals surface area contributed by atoms with Gasteiger partial charge in [0.2, 0.25) is 0 Å². The molecular formula is C34H21N3OS. The summed E-state index contributed by atoms with van der Waals surface area (Å²) in [5.41, 5.74) is 9.78. The van der Waals surface area contributed by atoms with E-state index in [1.54, 1.807) is 23.9 Å². The molecule has 0 bridgehead atoms. The van der Waals surface area contributed by atoms with Crippen molar-refractivity contribution in [2.75, 3.05) is 0 Å². The van der Waals surface area contributed by atoms with Crippen molar-refractivity contribution < 1.29 is 4.42 Å². The SMILES string of the molecule is c1ccc(-c2cccc(-n3c4ccc(-c5ccoc5)cc4c4ccc(-c5nc6ccccc6s5)cc43)c2)nc1. The smallest absolute Gasteiger partial charge is 0.124 e. The predicted molar refractivity (Wildman–Crippen MR) is 160 cm³/mol. The Hall–Kier alpha value is -5.00. The molecule has 0 fully saturated rings. The Morgan fingerprint density at radius 3 is 2.44 bits per heavy atom. The van der Waals surface area contributed by atoms with Crippen LogP contribution in [0.1, 0.15) is 0 Å². The van der Waals surface area contributed by atoms with Gasteiger partial charge in [-0.3, -0.25) is 4.98 Å². The van der Waals surface area contributed by atoms with Gasteiger partial charge in [0, 0.05) is 39.3 Å². The molecule has 8 rings (SSSR count). The van der Waals surface area contributed by atoms with E-state index >= 15 is 0 Å². The molecule has 0 aliphatic rings. The highest BCUT2D eigenvalue weighted by molar-refractivity contribution is 7.21. The summed E-state index contributed by atoms with van der Waals surface area (Å²) < 4.78 is 8.92. The topological polar surface area (TPSA) is 43.9 Å². The van der Waals surface area contributed by atoms with Crippen LogP contribution in [-0.2, 0) is 0 Å². The number of para-hydroxylation sites is 1. The maximum atomic E-state index is 5.37. The third kappa shape index (κ3) is 3.67. The molecule has 0 radical (unpaired) electrons. The molecule has 5 heteroatoms. The number of aromatic nitrogens is 3. The summed E-state index contributed by atoms with van der Waals surface area (Å²) >= 11 is 1.73. The van der Waals surface area contributed by atoms with Crippen LogP contribution in [0.2, 0.25) is 0 Å². The van der Waals surface area contributed by atoms with Gasteiger partial charge in [-0.1, -0.05) is 48.5 Å². The number of rotatable bonds is 4. The van der Waals surface area contributed by atoms with Gasteiger partial charge in [-0.15, -0.1) is 11.3 Å². The largest absolute Gasteiger partial charge is 0.472 e. The minimum atomic E-state index is 0.956. The number of nitrogens with zero attached hydrogens (tertiary/aromatic N) is 3. The van der Waals surface area contributed by atoms with Crippen molar-refractivity contribution in [2.24, 2.45) is 0 Å². The van der Waals surface area contributed by atoms with Gasteiger partial charge in [0.05, 0.1) is 39.5 Å². The molecule has 0 atom stereocenters. The van der Waals surface area contributed by atoms with Crippen molar-refractivity contribution in [1.82, 2.24) is 14.5 Å². The van der Waals surface area contributed by atoms with E-state index in [0.29, 0.717) is 0 Å². The number of thiazole rings is 1. The number of hydrogen-bond acceptors (Lipinski definition) is 4. The van der Waals surface area contributed by atoms with E-state index < -0.39 is 0 Å². The Balaban J connectivity index is 1.39. The highest BCUT2D eigenvalue weighted by Gasteiger charge is 2.16. The van der Waals surface area contributed by atoms with E-state index in [1.165, 1.54) is 15.5 Å². The van der Waals surface area contributed by atoms with Crippen LogP contribution < -0.4 is 0 Å². The van der Waals surface area contributed by atoms with Gasteiger partial charge in [-0.05, 0) is 66.2 Å². The molecule has 8 aromatic rings. The first kappa shape index (κ1) is 22.0. The average Bonchev–Trinajstić information content (AvgIpc) is 3.75. The number of furan rings is 1. The van der Waals surface area contributed by atoms with Crippen LogP contribution in [0.25, 0.3) is 70.7 Å². The van der Waals surface area contributed by atoms with Crippen molar-refractivity contribution in [1.29, 1.82) is 0 Å². The second-order valence-corrected chi connectivity index (χ2v) is 10.6. The zero-order chi connectivity index (χ0) is 25.8. The van der Waals surface area contributed by atoms with Gasteiger partial charge in [0.25, 0.3) is 0 Å². The summed E-state index contributed by atoms with van der Waals surface area (Å²) in [4.78, 5) is 9.52. The van der Waals surface area contributed by atoms with Gasteiger partial charge in [0.1, 0.15) is 5.01 Å². The second-order valence-electron chi connectivity index (χ2n) is 9.56. The maximum absolute atomic E-state index is 5.37. The van der Waals surface area contributed by atoms with E-state index in [-0.39, 0.29) is 0 Å². The van der Waals surface area contributed by atoms with Crippen LogP contribution in [0.5, 0.6) is 0 Å². The lowest BCUT2D eigenvalue weighted by Gasteiger charge is -2.11. The first-order valence-corrected chi connectivity index (χ1v) is 13.6. The standard InChI is InChI=1S/C34H21N3OS/c1-2-10-33-30(9-1)36-34(39-33)24-11-13-27-28-19-22(25-15-17-38-21-25)12-14-31(28)37(32(27)20-24)26-7-5-6-23(18-26)29-8-3-4-16-35-29/h1-21H. The van der Waals surface area contributed by atoms with Crippen molar-refractivity contribution in [3.05, 3.63) is 128 Å². The van der Waals surface area contributed by atoms with Gasteiger partial charge < -0.3 is 8.98 Å². The molecule has 184 valence electrons. The molecule has 0 aliphatic carbocycles. The Labute approximate surface area is 228 Å². The van der Waals surface area contributed by atoms with Gasteiger partial charge in [-0.25, -0.2) is 4.98 Å². The summed E-state index contributed by atoms with van der Waals surface area (Å²) in [5.74, 6) is 0. The summed E-state index contributed by atoms with van der Waals surface area (Å²) in [6.45, 7) is 0. The Bertz CT molecular complexity index is 2090. The summed E-state index contributed by atoms with van der Waals surface area (Å²) in [7, 11) is 0. The predicted octanol–water partition coefficient (Wildman–Crippen LogP) is 9.38. The fourth-order valence-electron chi connectivity index (χ4n) is 5.37. The van der Waals surface area contributed by atoms with Crippen molar-refractivity contribution >= 4 is 43.4 Å². The van der Waals surface area contributed by atoms with E-state index in [4.69, 9.17) is 9.40 Å². The second kappa shape index (κ2) is 8.79. The molecule has 4 aromatic heterocycles. The first-order valence-electron chi connectivity index (χ1n) is 12.8. The van der Waals surface area contributed by atoms with Crippen LogP contribution in [0.3, 0.4) is 0 Å². The highest BCUT2D eigenvalue weighted by Crippen LogP contribution is 2.39. The van der Waals surface area contributed by atoms with Crippen LogP contribution in [0.15, 0.2) is 132 Å². The summed E-state index contributed by atoms with van der Waals surface area (Å²) in [5, 5.41) is 3.42. The lowest BCUT2D eigenvalue weighted by atomic mass is 10.0. The normalized spacial score (nSPS) is 11.6. The summed E-state index contributed by atoms with van der Waals surface area (Å²) in [6, 6.07) is 38.3. The molecule has 4 nitrogen and oxygen atoms in total. The molecule has 0 amide bonds. The quantitative estimate of drug-likeness (QED) is 0.233. The Morgan fingerprint density at radius 2 is 1.56 bits per heavy atom. The molecule has 0 saturated carbocycles. The molecule has 0 aliphatic heterocycles. The van der Waals surface area contributed by atoms with Gasteiger partial charge >= 0.3 is 0 Å². The number of pyridine rings is 1. The zero-order valence-electron chi connectivity index (χ0n) is 20.8. The molecule has 0 unspecified atom stereocenters. The first-order chi connectivity index (χ1) is 19.3. The van der Waals surface area contributed by atoms with Crippen molar-refractivity contribution in [3.8, 4) is 38.6 Å². The van der Waals surface area contributed by atoms with E-state index in [9.17, 15) is 0 Å². The van der Waals surface area contributed by atoms with Crippen LogP contribution in [0, 0.1) is 0 Å². The van der Waals surface area contributed by atoms with Crippen LogP contribution >= 0.6 is 11.3 Å². The maximum Gasteiger partial charge on any atom is 0.124 e.